The summed E-state index contributed by atoms with van der Waals surface area (Å²) in [5, 5.41) is 4.91. The molecule has 2 rings (SSSR count). The van der Waals surface area contributed by atoms with E-state index < -0.39 is 0 Å². The Balaban J connectivity index is 2.34. The van der Waals surface area contributed by atoms with Gasteiger partial charge in [0, 0.05) is 22.0 Å². The molecular formula is C14H19Cl2N. The molecule has 1 nitrogen and oxygen atoms in total. The van der Waals surface area contributed by atoms with Gasteiger partial charge in [0.15, 0.2) is 0 Å². The molecule has 0 spiro atoms. The van der Waals surface area contributed by atoms with Gasteiger partial charge in [0.25, 0.3) is 0 Å². The van der Waals surface area contributed by atoms with Gasteiger partial charge in [-0.25, -0.2) is 0 Å². The van der Waals surface area contributed by atoms with Crippen LogP contribution in [0.4, 0.5) is 0 Å². The zero-order valence-corrected chi connectivity index (χ0v) is 11.9. The molecule has 1 aliphatic carbocycles. The summed E-state index contributed by atoms with van der Waals surface area (Å²) in [5.74, 6) is 0.815. The van der Waals surface area contributed by atoms with E-state index in [2.05, 4.69) is 12.2 Å². The van der Waals surface area contributed by atoms with Crippen LogP contribution in [0.15, 0.2) is 18.2 Å². The second-order valence-electron chi connectivity index (χ2n) is 5.09. The minimum atomic E-state index is 0.144. The first-order valence-electron chi connectivity index (χ1n) is 6.22. The van der Waals surface area contributed by atoms with Gasteiger partial charge in [0.05, 0.1) is 0 Å². The Bertz CT molecular complexity index is 377. The highest BCUT2D eigenvalue weighted by atomic mass is 35.5. The molecule has 17 heavy (non-hydrogen) atoms. The van der Waals surface area contributed by atoms with Gasteiger partial charge in [0.2, 0.25) is 0 Å². The van der Waals surface area contributed by atoms with E-state index in [1.807, 2.05) is 25.2 Å². The van der Waals surface area contributed by atoms with Crippen molar-refractivity contribution < 1.29 is 0 Å². The standard InChI is InChI=1S/C14H19Cl2N/c1-3-10-7-14(8-10,9-17-2)13-11(15)5-4-6-12(13)16/h4-6,10,17H,3,7-9H2,1-2H3. The third kappa shape index (κ3) is 2.33. The molecule has 1 saturated carbocycles. The highest BCUT2D eigenvalue weighted by molar-refractivity contribution is 6.36. The number of hydrogen-bond donors (Lipinski definition) is 1. The van der Waals surface area contributed by atoms with Crippen molar-refractivity contribution in [2.75, 3.05) is 13.6 Å². The monoisotopic (exact) mass is 271 g/mol. The lowest BCUT2D eigenvalue weighted by atomic mass is 9.58. The van der Waals surface area contributed by atoms with Crippen molar-refractivity contribution in [2.24, 2.45) is 5.92 Å². The highest BCUT2D eigenvalue weighted by Gasteiger charge is 2.46. The van der Waals surface area contributed by atoms with Crippen molar-refractivity contribution in [3.63, 3.8) is 0 Å². The third-order valence-electron chi connectivity index (χ3n) is 3.94. The first-order valence-corrected chi connectivity index (χ1v) is 6.97. The van der Waals surface area contributed by atoms with E-state index in [9.17, 15) is 0 Å². The molecule has 1 N–H and O–H groups in total. The number of nitrogens with one attached hydrogen (secondary N) is 1. The van der Waals surface area contributed by atoms with Gasteiger partial charge in [-0.05, 0) is 43.5 Å². The minimum Gasteiger partial charge on any atom is -0.319 e. The van der Waals surface area contributed by atoms with Gasteiger partial charge in [-0.3, -0.25) is 0 Å². The molecule has 0 amide bonds. The van der Waals surface area contributed by atoms with Gasteiger partial charge in [-0.2, -0.15) is 0 Å². The molecule has 1 aromatic rings. The molecule has 0 bridgehead atoms. The van der Waals surface area contributed by atoms with E-state index in [4.69, 9.17) is 23.2 Å². The Morgan fingerprint density at radius 3 is 2.35 bits per heavy atom. The maximum Gasteiger partial charge on any atom is 0.0459 e. The van der Waals surface area contributed by atoms with Crippen LogP contribution < -0.4 is 5.32 Å². The van der Waals surface area contributed by atoms with Crippen LogP contribution in [-0.2, 0) is 5.41 Å². The maximum atomic E-state index is 6.34. The van der Waals surface area contributed by atoms with Crippen LogP contribution in [-0.4, -0.2) is 13.6 Å². The normalized spacial score (nSPS) is 27.9. The molecule has 0 aromatic heterocycles. The summed E-state index contributed by atoms with van der Waals surface area (Å²) in [4.78, 5) is 0. The lowest BCUT2D eigenvalue weighted by molar-refractivity contribution is 0.136. The quantitative estimate of drug-likeness (QED) is 0.863. The average Bonchev–Trinajstić information content (AvgIpc) is 2.24. The lowest BCUT2D eigenvalue weighted by Gasteiger charge is -2.49. The van der Waals surface area contributed by atoms with Crippen LogP contribution >= 0.6 is 23.2 Å². The molecule has 0 heterocycles. The Labute approximate surface area is 114 Å². The first-order chi connectivity index (χ1) is 8.13. The Kier molecular flexibility index (Phi) is 4.02. The molecule has 1 aliphatic rings. The number of rotatable bonds is 4. The van der Waals surface area contributed by atoms with Crippen molar-refractivity contribution >= 4 is 23.2 Å². The zero-order valence-electron chi connectivity index (χ0n) is 10.4. The van der Waals surface area contributed by atoms with Crippen molar-refractivity contribution in [1.29, 1.82) is 0 Å². The molecule has 0 radical (unpaired) electrons. The SMILES string of the molecule is CCC1CC(CNC)(c2c(Cl)cccc2Cl)C1. The molecule has 0 unspecified atom stereocenters. The van der Waals surface area contributed by atoms with Crippen LogP contribution in [0.1, 0.15) is 31.7 Å². The predicted molar refractivity (Wildman–Crippen MR) is 75.1 cm³/mol. The highest BCUT2D eigenvalue weighted by Crippen LogP contribution is 2.52. The molecule has 1 fully saturated rings. The van der Waals surface area contributed by atoms with E-state index in [0.717, 1.165) is 28.1 Å². The van der Waals surface area contributed by atoms with Gasteiger partial charge in [-0.15, -0.1) is 0 Å². The first kappa shape index (κ1) is 13.2. The van der Waals surface area contributed by atoms with E-state index in [1.165, 1.54) is 19.3 Å². The summed E-state index contributed by atoms with van der Waals surface area (Å²) >= 11 is 12.7. The Morgan fingerprint density at radius 2 is 1.88 bits per heavy atom. The van der Waals surface area contributed by atoms with Crippen molar-refractivity contribution in [3.05, 3.63) is 33.8 Å². The zero-order chi connectivity index (χ0) is 12.5. The molecule has 3 heteroatoms. The number of benzene rings is 1. The molecule has 0 saturated heterocycles. The fraction of sp³-hybridized carbons (Fsp3) is 0.571. The predicted octanol–water partition coefficient (Wildman–Crippen LogP) is 4.27. The second-order valence-corrected chi connectivity index (χ2v) is 5.90. The summed E-state index contributed by atoms with van der Waals surface area (Å²) in [6, 6.07) is 5.80. The van der Waals surface area contributed by atoms with Crippen LogP contribution in [0.3, 0.4) is 0 Å². The molecule has 94 valence electrons. The lowest BCUT2D eigenvalue weighted by Crippen LogP contribution is -2.48. The summed E-state index contributed by atoms with van der Waals surface area (Å²) in [6.45, 7) is 3.20. The van der Waals surface area contributed by atoms with E-state index in [-0.39, 0.29) is 5.41 Å². The summed E-state index contributed by atoms with van der Waals surface area (Å²) in [7, 11) is 1.99. The fourth-order valence-electron chi connectivity index (χ4n) is 3.11. The average molecular weight is 272 g/mol. The fourth-order valence-corrected chi connectivity index (χ4v) is 3.91. The second kappa shape index (κ2) is 5.17. The van der Waals surface area contributed by atoms with E-state index in [0.29, 0.717) is 0 Å². The van der Waals surface area contributed by atoms with Crippen LogP contribution in [0.25, 0.3) is 0 Å². The summed E-state index contributed by atoms with van der Waals surface area (Å²) < 4.78 is 0. The van der Waals surface area contributed by atoms with Crippen molar-refractivity contribution in [3.8, 4) is 0 Å². The molecular weight excluding hydrogens is 253 g/mol. The van der Waals surface area contributed by atoms with Gasteiger partial charge < -0.3 is 5.32 Å². The topological polar surface area (TPSA) is 12.0 Å². The van der Waals surface area contributed by atoms with E-state index >= 15 is 0 Å². The van der Waals surface area contributed by atoms with Crippen molar-refractivity contribution in [1.82, 2.24) is 5.32 Å². The number of likely N-dealkylation sites (N-methyl/N-ethyl adjacent to an activating group) is 1. The van der Waals surface area contributed by atoms with Gasteiger partial charge in [-0.1, -0.05) is 42.6 Å². The van der Waals surface area contributed by atoms with Crippen LogP contribution in [0.2, 0.25) is 10.0 Å². The van der Waals surface area contributed by atoms with Gasteiger partial charge >= 0.3 is 0 Å². The molecule has 1 aromatic carbocycles. The number of halogens is 2. The Morgan fingerprint density at radius 1 is 1.29 bits per heavy atom. The van der Waals surface area contributed by atoms with Gasteiger partial charge in [0.1, 0.15) is 0 Å². The minimum absolute atomic E-state index is 0.144. The Hall–Kier alpha value is -0.240. The van der Waals surface area contributed by atoms with Crippen LogP contribution in [0, 0.1) is 5.92 Å². The summed E-state index contributed by atoms with van der Waals surface area (Å²) in [6.07, 6.45) is 3.62. The van der Waals surface area contributed by atoms with E-state index in [1.54, 1.807) is 0 Å². The number of hydrogen-bond acceptors (Lipinski definition) is 1. The largest absolute Gasteiger partial charge is 0.319 e. The maximum absolute atomic E-state index is 6.34. The van der Waals surface area contributed by atoms with Crippen LogP contribution in [0.5, 0.6) is 0 Å². The molecule has 0 atom stereocenters. The summed E-state index contributed by atoms with van der Waals surface area (Å²) in [5.41, 5.74) is 1.28. The third-order valence-corrected chi connectivity index (χ3v) is 4.57. The smallest absolute Gasteiger partial charge is 0.0459 e. The van der Waals surface area contributed by atoms with Crippen molar-refractivity contribution in [2.45, 2.75) is 31.6 Å². The molecule has 0 aliphatic heterocycles.